The molecule has 0 radical (unpaired) electrons. The van der Waals surface area contributed by atoms with Crippen molar-refractivity contribution in [2.45, 2.75) is 17.2 Å². The van der Waals surface area contributed by atoms with Crippen molar-refractivity contribution in [2.75, 3.05) is 33.2 Å². The highest BCUT2D eigenvalue weighted by Crippen LogP contribution is 2.32. The number of fused-ring (bicyclic) bond motifs is 1. The molecule has 1 N–H and O–H groups in total. The lowest BCUT2D eigenvalue weighted by atomic mass is 10.1. The zero-order chi connectivity index (χ0) is 18.8. The first-order chi connectivity index (χ1) is 13.1. The molecule has 1 saturated heterocycles. The first kappa shape index (κ1) is 19.3. The Labute approximate surface area is 178 Å². The number of nitrogens with zero attached hydrogens (tertiary/aromatic N) is 2. The van der Waals surface area contributed by atoms with Crippen LogP contribution in [0.1, 0.15) is 11.3 Å². The SMILES string of the molecule is CN1CCN(Cc2c(CSc3ccc(Cl)cc3)[nH]c3ccc(Br)cc23)CC1. The van der Waals surface area contributed by atoms with Crippen molar-refractivity contribution in [3.63, 3.8) is 0 Å². The highest BCUT2D eigenvalue weighted by atomic mass is 79.9. The van der Waals surface area contributed by atoms with Crippen LogP contribution in [0.15, 0.2) is 51.8 Å². The Hall–Kier alpha value is -0.980. The van der Waals surface area contributed by atoms with E-state index in [2.05, 4.69) is 68.1 Å². The van der Waals surface area contributed by atoms with Gasteiger partial charge in [0.2, 0.25) is 0 Å². The summed E-state index contributed by atoms with van der Waals surface area (Å²) in [6.45, 7) is 5.53. The van der Waals surface area contributed by atoms with Gasteiger partial charge in [0.25, 0.3) is 0 Å². The molecule has 0 atom stereocenters. The Morgan fingerprint density at radius 2 is 1.81 bits per heavy atom. The van der Waals surface area contributed by atoms with Crippen LogP contribution in [-0.4, -0.2) is 48.0 Å². The lowest BCUT2D eigenvalue weighted by Crippen LogP contribution is -2.43. The summed E-state index contributed by atoms with van der Waals surface area (Å²) in [6, 6.07) is 14.6. The number of hydrogen-bond acceptors (Lipinski definition) is 3. The number of aromatic nitrogens is 1. The maximum Gasteiger partial charge on any atom is 0.0460 e. The number of H-pyrrole nitrogens is 1. The molecular formula is C21H23BrClN3S. The van der Waals surface area contributed by atoms with Gasteiger partial charge in [-0.3, -0.25) is 4.90 Å². The molecule has 0 bridgehead atoms. The summed E-state index contributed by atoms with van der Waals surface area (Å²) in [7, 11) is 2.20. The smallest absolute Gasteiger partial charge is 0.0460 e. The molecule has 6 heteroatoms. The molecule has 0 saturated carbocycles. The van der Waals surface area contributed by atoms with Crippen molar-refractivity contribution in [2.24, 2.45) is 0 Å². The van der Waals surface area contributed by atoms with Crippen LogP contribution in [0.3, 0.4) is 0 Å². The average Bonchev–Trinajstić information content (AvgIpc) is 3.00. The van der Waals surface area contributed by atoms with E-state index in [0.717, 1.165) is 48.0 Å². The topological polar surface area (TPSA) is 22.3 Å². The van der Waals surface area contributed by atoms with Gasteiger partial charge in [-0.25, -0.2) is 0 Å². The zero-order valence-corrected chi connectivity index (χ0v) is 18.5. The first-order valence-electron chi connectivity index (χ1n) is 9.17. The number of nitrogens with one attached hydrogen (secondary N) is 1. The van der Waals surface area contributed by atoms with Crippen LogP contribution >= 0.6 is 39.3 Å². The number of hydrogen-bond donors (Lipinski definition) is 1. The molecule has 1 aliphatic heterocycles. The summed E-state index contributed by atoms with van der Waals surface area (Å²) in [5.41, 5.74) is 3.97. The number of rotatable bonds is 5. The van der Waals surface area contributed by atoms with E-state index in [-0.39, 0.29) is 0 Å². The summed E-state index contributed by atoms with van der Waals surface area (Å²) in [6.07, 6.45) is 0. The molecule has 2 aromatic carbocycles. The number of benzene rings is 2. The highest BCUT2D eigenvalue weighted by molar-refractivity contribution is 9.10. The lowest BCUT2D eigenvalue weighted by Gasteiger charge is -2.32. The summed E-state index contributed by atoms with van der Waals surface area (Å²) < 4.78 is 1.13. The zero-order valence-electron chi connectivity index (χ0n) is 15.3. The minimum atomic E-state index is 0.783. The molecule has 0 aliphatic carbocycles. The van der Waals surface area contributed by atoms with Crippen molar-refractivity contribution in [3.8, 4) is 0 Å². The Morgan fingerprint density at radius 3 is 2.56 bits per heavy atom. The molecule has 27 heavy (non-hydrogen) atoms. The van der Waals surface area contributed by atoms with E-state index in [1.807, 2.05) is 23.9 Å². The van der Waals surface area contributed by atoms with Gasteiger partial charge in [-0.05, 0) is 55.1 Å². The molecule has 3 nitrogen and oxygen atoms in total. The Balaban J connectivity index is 1.59. The Bertz CT molecular complexity index is 917. The molecule has 0 spiro atoms. The molecule has 0 amide bonds. The van der Waals surface area contributed by atoms with Crippen molar-refractivity contribution in [3.05, 3.63) is 63.2 Å². The van der Waals surface area contributed by atoms with Crippen molar-refractivity contribution in [1.82, 2.24) is 14.8 Å². The molecular weight excluding hydrogens is 442 g/mol. The number of piperazine rings is 1. The Kier molecular flexibility index (Phi) is 6.15. The van der Waals surface area contributed by atoms with Gasteiger partial charge in [0.05, 0.1) is 0 Å². The first-order valence-corrected chi connectivity index (χ1v) is 11.3. The van der Waals surface area contributed by atoms with Gasteiger partial charge >= 0.3 is 0 Å². The lowest BCUT2D eigenvalue weighted by molar-refractivity contribution is 0.148. The summed E-state index contributed by atoms with van der Waals surface area (Å²) >= 11 is 11.5. The van der Waals surface area contributed by atoms with E-state index in [9.17, 15) is 0 Å². The maximum atomic E-state index is 6.01. The third-order valence-electron chi connectivity index (χ3n) is 5.13. The monoisotopic (exact) mass is 463 g/mol. The van der Waals surface area contributed by atoms with E-state index in [4.69, 9.17) is 11.6 Å². The Morgan fingerprint density at radius 1 is 1.07 bits per heavy atom. The normalized spacial score (nSPS) is 16.3. The maximum absolute atomic E-state index is 6.01. The molecule has 1 aromatic heterocycles. The molecule has 4 rings (SSSR count). The van der Waals surface area contributed by atoms with Gasteiger partial charge in [0.15, 0.2) is 0 Å². The van der Waals surface area contributed by atoms with E-state index in [1.165, 1.54) is 27.1 Å². The van der Waals surface area contributed by atoms with E-state index in [1.54, 1.807) is 0 Å². The number of likely N-dealkylation sites (N-methyl/N-ethyl adjacent to an activating group) is 1. The molecule has 3 aromatic rings. The second-order valence-electron chi connectivity index (χ2n) is 7.09. The van der Waals surface area contributed by atoms with Gasteiger partial charge < -0.3 is 9.88 Å². The third kappa shape index (κ3) is 4.72. The predicted molar refractivity (Wildman–Crippen MR) is 120 cm³/mol. The van der Waals surface area contributed by atoms with E-state index >= 15 is 0 Å². The summed E-state index contributed by atoms with van der Waals surface area (Å²) in [4.78, 5) is 9.88. The van der Waals surface area contributed by atoms with Crippen LogP contribution in [-0.2, 0) is 12.3 Å². The minimum Gasteiger partial charge on any atom is -0.357 e. The molecule has 1 fully saturated rings. The van der Waals surface area contributed by atoms with Gasteiger partial charge in [0, 0.05) is 69.5 Å². The van der Waals surface area contributed by atoms with Crippen LogP contribution in [0.5, 0.6) is 0 Å². The molecule has 0 unspecified atom stereocenters. The predicted octanol–water partition coefficient (Wildman–Crippen LogP) is 5.62. The second-order valence-corrected chi connectivity index (χ2v) is 9.49. The van der Waals surface area contributed by atoms with Gasteiger partial charge in [-0.1, -0.05) is 27.5 Å². The van der Waals surface area contributed by atoms with Crippen LogP contribution in [0, 0.1) is 0 Å². The van der Waals surface area contributed by atoms with Crippen molar-refractivity contribution < 1.29 is 0 Å². The van der Waals surface area contributed by atoms with Crippen molar-refractivity contribution >= 4 is 50.2 Å². The summed E-state index contributed by atoms with van der Waals surface area (Å²) in [5, 5.41) is 2.11. The van der Waals surface area contributed by atoms with Crippen LogP contribution in [0.4, 0.5) is 0 Å². The number of halogens is 2. The largest absolute Gasteiger partial charge is 0.357 e. The number of thioether (sulfide) groups is 1. The van der Waals surface area contributed by atoms with Crippen LogP contribution < -0.4 is 0 Å². The van der Waals surface area contributed by atoms with Crippen molar-refractivity contribution in [1.29, 1.82) is 0 Å². The average molecular weight is 465 g/mol. The molecule has 2 heterocycles. The van der Waals surface area contributed by atoms with Crippen LogP contribution in [0.2, 0.25) is 5.02 Å². The minimum absolute atomic E-state index is 0.783. The number of aromatic amines is 1. The molecule has 1 aliphatic rings. The quantitative estimate of drug-likeness (QED) is 0.495. The van der Waals surface area contributed by atoms with Gasteiger partial charge in [-0.15, -0.1) is 11.8 Å². The third-order valence-corrected chi connectivity index (χ3v) is 6.91. The summed E-state index contributed by atoms with van der Waals surface area (Å²) in [5.74, 6) is 0.928. The molecule has 142 valence electrons. The standard InChI is InChI=1S/C21H23BrClN3S/c1-25-8-10-26(11-9-25)13-19-18-12-15(22)2-7-20(18)24-21(19)14-27-17-5-3-16(23)4-6-17/h2-7,12,24H,8-11,13-14H2,1H3. The fourth-order valence-corrected chi connectivity index (χ4v) is 4.87. The van der Waals surface area contributed by atoms with E-state index in [0.29, 0.717) is 0 Å². The van der Waals surface area contributed by atoms with Crippen LogP contribution in [0.25, 0.3) is 10.9 Å². The second kappa shape index (κ2) is 8.58. The van der Waals surface area contributed by atoms with Gasteiger partial charge in [-0.2, -0.15) is 0 Å². The fraction of sp³-hybridized carbons (Fsp3) is 0.333. The van der Waals surface area contributed by atoms with Gasteiger partial charge in [0.1, 0.15) is 0 Å². The fourth-order valence-electron chi connectivity index (χ4n) is 3.50. The van der Waals surface area contributed by atoms with E-state index < -0.39 is 0 Å². The highest BCUT2D eigenvalue weighted by Gasteiger charge is 2.19.